The second kappa shape index (κ2) is 51.3. The van der Waals surface area contributed by atoms with E-state index in [4.69, 9.17) is 4.74 Å². The Hall–Kier alpha value is -2.70. The number of aliphatic hydroxyl groups excluding tert-OH is 2. The van der Waals surface area contributed by atoms with Crippen molar-refractivity contribution in [1.82, 2.24) is 5.32 Å². The van der Waals surface area contributed by atoms with Crippen LogP contribution in [-0.2, 0) is 14.3 Å². The van der Waals surface area contributed by atoms with Crippen LogP contribution in [0.2, 0.25) is 0 Å². The topological polar surface area (TPSA) is 95.9 Å². The lowest BCUT2D eigenvalue weighted by atomic mass is 10.0. The summed E-state index contributed by atoms with van der Waals surface area (Å²) in [5.41, 5.74) is 0. The number of amides is 1. The predicted octanol–water partition coefficient (Wildman–Crippen LogP) is 16.6. The third-order valence-electron chi connectivity index (χ3n) is 12.1. The fourth-order valence-electron chi connectivity index (χ4n) is 7.97. The van der Waals surface area contributed by atoms with Gasteiger partial charge in [-0.25, -0.2) is 0 Å². The van der Waals surface area contributed by atoms with Crippen LogP contribution < -0.4 is 5.32 Å². The number of carbonyl (C=O) groups is 2. The maximum absolute atomic E-state index is 13.2. The first-order valence-electron chi connectivity index (χ1n) is 27.2. The van der Waals surface area contributed by atoms with Gasteiger partial charge >= 0.3 is 5.97 Å². The number of allylic oxidation sites excluding steroid dienone is 12. The first-order chi connectivity index (χ1) is 31.5. The summed E-state index contributed by atoms with van der Waals surface area (Å²) in [4.78, 5) is 26.2. The minimum absolute atomic E-state index is 0.0410. The molecule has 0 aromatic carbocycles. The van der Waals surface area contributed by atoms with Crippen LogP contribution in [0.5, 0.6) is 0 Å². The molecule has 0 rings (SSSR count). The number of aliphatic hydroxyl groups is 2. The van der Waals surface area contributed by atoms with Crippen molar-refractivity contribution >= 4 is 11.9 Å². The van der Waals surface area contributed by atoms with Gasteiger partial charge in [0.05, 0.1) is 25.2 Å². The van der Waals surface area contributed by atoms with E-state index >= 15 is 0 Å². The second-order valence-electron chi connectivity index (χ2n) is 18.3. The van der Waals surface area contributed by atoms with Crippen LogP contribution >= 0.6 is 0 Å². The molecule has 1 amide bonds. The van der Waals surface area contributed by atoms with Crippen molar-refractivity contribution in [1.29, 1.82) is 0 Å². The number of nitrogens with one attached hydrogen (secondary N) is 1. The number of unbranched alkanes of at least 4 members (excludes halogenated alkanes) is 26. The summed E-state index contributed by atoms with van der Waals surface area (Å²) in [7, 11) is 0. The highest BCUT2D eigenvalue weighted by molar-refractivity contribution is 5.77. The molecule has 0 aliphatic carbocycles. The third kappa shape index (κ3) is 45.9. The number of hydrogen-bond donors (Lipinski definition) is 3. The molecule has 0 aliphatic rings. The molecule has 0 aliphatic heterocycles. The highest BCUT2D eigenvalue weighted by Crippen LogP contribution is 2.17. The number of hydrogen-bond acceptors (Lipinski definition) is 5. The highest BCUT2D eigenvalue weighted by atomic mass is 16.5. The molecule has 370 valence electrons. The minimum atomic E-state index is -0.805. The molecule has 0 fully saturated rings. The largest absolute Gasteiger partial charge is 0.462 e. The first kappa shape index (κ1) is 61.3. The summed E-state index contributed by atoms with van der Waals surface area (Å²) in [6.07, 6.45) is 65.4. The maximum atomic E-state index is 13.2. The Kier molecular flexibility index (Phi) is 49.1. The van der Waals surface area contributed by atoms with E-state index in [2.05, 4.69) is 99.0 Å². The van der Waals surface area contributed by atoms with E-state index in [0.29, 0.717) is 19.3 Å². The van der Waals surface area contributed by atoms with Gasteiger partial charge in [-0.1, -0.05) is 235 Å². The number of ether oxygens (including phenoxy) is 1. The molecule has 0 aromatic rings. The summed E-state index contributed by atoms with van der Waals surface area (Å²) < 4.78 is 5.91. The van der Waals surface area contributed by atoms with E-state index in [-0.39, 0.29) is 24.9 Å². The van der Waals surface area contributed by atoms with Crippen LogP contribution in [0, 0.1) is 0 Å². The standard InChI is InChI=1S/C58H103NO5/c1-4-7-10-13-16-19-22-25-27-28-30-33-35-38-41-44-47-50-56(61)55(53-60)59-57(62)52-54(49-46-43-40-37-34-32-29-26-23-20-17-14-11-8-5-2)64-58(63)51-48-45-42-39-36-31-24-21-18-15-12-9-6-3/h9,12,15,17-18,20-21,24,26,29,34,37,54-56,60-61H,4-8,10-11,13-14,16,19,22-23,25,27-28,30-33,35-36,38-53H2,1-3H3,(H,59,62)/b12-9+,18-15+,20-17-,24-21-,29-26-,37-34-. The SMILES string of the molecule is CC/C=C/C=C/C=C\CCCCCCCC(=O)OC(CCCC/C=C\C/C=C\C/C=C\CCCCC)CC(=O)NC(CO)C(O)CCCCCCCCCCCCCCCCCCC. The van der Waals surface area contributed by atoms with Crippen molar-refractivity contribution in [3.05, 3.63) is 72.9 Å². The van der Waals surface area contributed by atoms with E-state index in [1.54, 1.807) is 0 Å². The summed E-state index contributed by atoms with van der Waals surface area (Å²) >= 11 is 0. The maximum Gasteiger partial charge on any atom is 0.306 e. The Morgan fingerprint density at radius 1 is 0.484 bits per heavy atom. The van der Waals surface area contributed by atoms with Gasteiger partial charge in [-0.2, -0.15) is 0 Å². The van der Waals surface area contributed by atoms with Crippen LogP contribution in [0.4, 0.5) is 0 Å². The zero-order valence-corrected chi connectivity index (χ0v) is 42.1. The molecule has 0 saturated carbocycles. The van der Waals surface area contributed by atoms with Gasteiger partial charge in [0.25, 0.3) is 0 Å². The van der Waals surface area contributed by atoms with E-state index in [9.17, 15) is 19.8 Å². The molecule has 0 radical (unpaired) electrons. The Bertz CT molecular complexity index is 1190. The molecule has 6 heteroatoms. The molecular weight excluding hydrogens is 791 g/mol. The number of carbonyl (C=O) groups excluding carboxylic acids is 2. The van der Waals surface area contributed by atoms with Gasteiger partial charge < -0.3 is 20.3 Å². The molecule has 6 nitrogen and oxygen atoms in total. The average molecular weight is 894 g/mol. The molecule has 3 unspecified atom stereocenters. The van der Waals surface area contributed by atoms with E-state index in [1.165, 1.54) is 116 Å². The Labute approximate surface area is 396 Å². The fourth-order valence-corrected chi connectivity index (χ4v) is 7.97. The van der Waals surface area contributed by atoms with Crippen molar-refractivity contribution in [2.24, 2.45) is 0 Å². The van der Waals surface area contributed by atoms with Gasteiger partial charge in [0.15, 0.2) is 0 Å². The second-order valence-corrected chi connectivity index (χ2v) is 18.3. The lowest BCUT2D eigenvalue weighted by Gasteiger charge is -2.24. The van der Waals surface area contributed by atoms with Crippen LogP contribution in [-0.4, -0.2) is 46.9 Å². The number of esters is 1. The van der Waals surface area contributed by atoms with Crippen LogP contribution in [0.3, 0.4) is 0 Å². The molecule has 0 heterocycles. The summed E-state index contributed by atoms with van der Waals surface area (Å²) in [6, 6.07) is -0.721. The van der Waals surface area contributed by atoms with E-state index < -0.39 is 18.2 Å². The van der Waals surface area contributed by atoms with Crippen LogP contribution in [0.15, 0.2) is 72.9 Å². The summed E-state index contributed by atoms with van der Waals surface area (Å²) in [6.45, 7) is 6.32. The van der Waals surface area contributed by atoms with Gasteiger partial charge in [-0.3, -0.25) is 9.59 Å². The van der Waals surface area contributed by atoms with E-state index in [0.717, 1.165) is 96.3 Å². The van der Waals surface area contributed by atoms with Gasteiger partial charge in [0, 0.05) is 6.42 Å². The van der Waals surface area contributed by atoms with E-state index in [1.807, 2.05) is 0 Å². The zero-order valence-electron chi connectivity index (χ0n) is 42.1. The lowest BCUT2D eigenvalue weighted by Crippen LogP contribution is -2.46. The zero-order chi connectivity index (χ0) is 46.7. The smallest absolute Gasteiger partial charge is 0.306 e. The molecule has 3 atom stereocenters. The normalized spacial score (nSPS) is 13.8. The lowest BCUT2D eigenvalue weighted by molar-refractivity contribution is -0.151. The molecule has 0 bridgehead atoms. The van der Waals surface area contributed by atoms with Crippen molar-refractivity contribution in [2.75, 3.05) is 6.61 Å². The molecule has 0 saturated heterocycles. The minimum Gasteiger partial charge on any atom is -0.462 e. The van der Waals surface area contributed by atoms with Crippen molar-refractivity contribution in [2.45, 2.75) is 277 Å². The summed E-state index contributed by atoms with van der Waals surface area (Å²) in [5, 5.41) is 23.8. The quantitative estimate of drug-likeness (QED) is 0.0245. The summed E-state index contributed by atoms with van der Waals surface area (Å²) in [5.74, 6) is -0.535. The van der Waals surface area contributed by atoms with Gasteiger partial charge in [-0.15, -0.1) is 0 Å². The monoisotopic (exact) mass is 894 g/mol. The third-order valence-corrected chi connectivity index (χ3v) is 12.1. The van der Waals surface area contributed by atoms with Gasteiger partial charge in [0.1, 0.15) is 6.10 Å². The van der Waals surface area contributed by atoms with Gasteiger partial charge in [0.2, 0.25) is 5.91 Å². The molecule has 64 heavy (non-hydrogen) atoms. The number of rotatable bonds is 48. The fraction of sp³-hybridized carbons (Fsp3) is 0.759. The highest BCUT2D eigenvalue weighted by Gasteiger charge is 2.24. The average Bonchev–Trinajstić information content (AvgIpc) is 3.29. The molecule has 0 aromatic heterocycles. The molecular formula is C58H103NO5. The van der Waals surface area contributed by atoms with Crippen molar-refractivity contribution in [3.63, 3.8) is 0 Å². The molecule has 3 N–H and O–H groups in total. The Morgan fingerprint density at radius 2 is 0.906 bits per heavy atom. The Balaban J connectivity index is 4.62. The Morgan fingerprint density at radius 3 is 1.45 bits per heavy atom. The van der Waals surface area contributed by atoms with Crippen molar-refractivity contribution in [3.8, 4) is 0 Å². The van der Waals surface area contributed by atoms with Crippen LogP contribution in [0.25, 0.3) is 0 Å². The first-order valence-corrected chi connectivity index (χ1v) is 27.2. The van der Waals surface area contributed by atoms with Crippen molar-refractivity contribution < 1.29 is 24.5 Å². The predicted molar refractivity (Wildman–Crippen MR) is 278 cm³/mol. The van der Waals surface area contributed by atoms with Gasteiger partial charge in [-0.05, 0) is 83.5 Å². The van der Waals surface area contributed by atoms with Crippen LogP contribution in [0.1, 0.15) is 258 Å². The molecule has 0 spiro atoms.